The van der Waals surface area contributed by atoms with Crippen LogP contribution in [0.15, 0.2) is 35.7 Å². The third kappa shape index (κ3) is 6.16. The van der Waals surface area contributed by atoms with E-state index >= 15 is 0 Å². The Morgan fingerprint density at radius 3 is 2.75 bits per heavy atom. The van der Waals surface area contributed by atoms with E-state index in [1.54, 1.807) is 25.4 Å². The van der Waals surface area contributed by atoms with Crippen molar-refractivity contribution in [3.8, 4) is 5.75 Å². The zero-order valence-electron chi connectivity index (χ0n) is 17.3. The predicted octanol–water partition coefficient (Wildman–Crippen LogP) is 4.35. The molecule has 0 spiro atoms. The fraction of sp³-hybridized carbons (Fsp3) is 0.522. The van der Waals surface area contributed by atoms with Gasteiger partial charge in [0.2, 0.25) is 0 Å². The van der Waals surface area contributed by atoms with Crippen molar-refractivity contribution in [3.05, 3.63) is 51.7 Å². The number of methoxy groups -OCH3 is 1. The van der Waals surface area contributed by atoms with Crippen LogP contribution in [0, 0.1) is 5.92 Å². The van der Waals surface area contributed by atoms with E-state index in [1.807, 2.05) is 18.2 Å². The van der Waals surface area contributed by atoms with Crippen LogP contribution >= 0.6 is 11.3 Å². The van der Waals surface area contributed by atoms with Gasteiger partial charge in [-0.3, -0.25) is 4.79 Å². The van der Waals surface area contributed by atoms with Crippen molar-refractivity contribution >= 4 is 17.1 Å². The van der Waals surface area contributed by atoms with Crippen molar-refractivity contribution in [1.82, 2.24) is 9.80 Å². The van der Waals surface area contributed by atoms with E-state index in [0.717, 1.165) is 42.6 Å². The maximum atomic E-state index is 11.5. The number of Topliss-reactive ketones (excluding diaryl/α,β-unsaturated/α-hetero) is 1. The fourth-order valence-corrected chi connectivity index (χ4v) is 4.85. The van der Waals surface area contributed by atoms with Crippen LogP contribution in [0.1, 0.15) is 40.6 Å². The first-order chi connectivity index (χ1) is 13.5. The molecule has 1 atom stereocenters. The summed E-state index contributed by atoms with van der Waals surface area (Å²) in [7, 11) is 3.90. The molecule has 0 radical (unpaired) electrons. The lowest BCUT2D eigenvalue weighted by atomic mass is 9.97. The van der Waals surface area contributed by atoms with E-state index in [-0.39, 0.29) is 5.78 Å². The molecule has 2 aromatic rings. The van der Waals surface area contributed by atoms with Crippen molar-refractivity contribution < 1.29 is 9.53 Å². The molecule has 1 saturated heterocycles. The van der Waals surface area contributed by atoms with Crippen LogP contribution < -0.4 is 4.74 Å². The summed E-state index contributed by atoms with van der Waals surface area (Å²) >= 11 is 1.56. The highest BCUT2D eigenvalue weighted by atomic mass is 32.1. The average molecular weight is 401 g/mol. The lowest BCUT2D eigenvalue weighted by Gasteiger charge is -2.34. The van der Waals surface area contributed by atoms with Gasteiger partial charge in [0.25, 0.3) is 0 Å². The van der Waals surface area contributed by atoms with E-state index in [0.29, 0.717) is 0 Å². The van der Waals surface area contributed by atoms with E-state index in [2.05, 4.69) is 34.4 Å². The number of carbonyl (C=O) groups excluding carboxylic acids is 1. The molecule has 28 heavy (non-hydrogen) atoms. The fourth-order valence-electron chi connectivity index (χ4n) is 4.04. The van der Waals surface area contributed by atoms with Gasteiger partial charge in [-0.2, -0.15) is 0 Å². The zero-order chi connectivity index (χ0) is 19.9. The average Bonchev–Trinajstić information content (AvgIpc) is 3.16. The molecule has 0 saturated carbocycles. The van der Waals surface area contributed by atoms with Crippen molar-refractivity contribution in [2.24, 2.45) is 5.92 Å². The van der Waals surface area contributed by atoms with Gasteiger partial charge in [-0.05, 0) is 80.4 Å². The number of thiophene rings is 1. The number of carbonyl (C=O) groups is 1. The van der Waals surface area contributed by atoms with E-state index in [4.69, 9.17) is 4.74 Å². The molecular formula is C23H32N2O2S. The molecule has 1 fully saturated rings. The molecule has 0 unspecified atom stereocenters. The van der Waals surface area contributed by atoms with Crippen LogP contribution in [0.2, 0.25) is 0 Å². The Labute approximate surface area is 173 Å². The van der Waals surface area contributed by atoms with Gasteiger partial charge in [0.05, 0.1) is 12.0 Å². The molecule has 5 heteroatoms. The zero-order valence-corrected chi connectivity index (χ0v) is 18.1. The van der Waals surface area contributed by atoms with Gasteiger partial charge < -0.3 is 14.5 Å². The summed E-state index contributed by atoms with van der Waals surface area (Å²) in [5, 5.41) is 2.12. The summed E-state index contributed by atoms with van der Waals surface area (Å²) in [6.45, 7) is 7.20. The van der Waals surface area contributed by atoms with E-state index in [9.17, 15) is 4.79 Å². The van der Waals surface area contributed by atoms with Crippen molar-refractivity contribution in [2.45, 2.75) is 32.7 Å². The first kappa shape index (κ1) is 21.0. The highest BCUT2D eigenvalue weighted by molar-refractivity contribution is 7.12. The van der Waals surface area contributed by atoms with Crippen LogP contribution in [0.3, 0.4) is 0 Å². The molecule has 1 aromatic carbocycles. The Bertz CT molecular complexity index is 756. The van der Waals surface area contributed by atoms with Gasteiger partial charge in [-0.15, -0.1) is 11.3 Å². The molecule has 1 aromatic heterocycles. The number of rotatable bonds is 9. The van der Waals surface area contributed by atoms with Gasteiger partial charge in [0, 0.05) is 26.2 Å². The SMILES string of the molecule is COc1ccc(CCN2CCC[C@@H](CN(C)Cc3csc(C(C)=O)c3)C2)cc1. The third-order valence-electron chi connectivity index (χ3n) is 5.50. The number of piperidine rings is 1. The summed E-state index contributed by atoms with van der Waals surface area (Å²) in [5.41, 5.74) is 2.63. The molecule has 0 bridgehead atoms. The third-order valence-corrected chi connectivity index (χ3v) is 6.58. The summed E-state index contributed by atoms with van der Waals surface area (Å²) in [4.78, 5) is 17.4. The predicted molar refractivity (Wildman–Crippen MR) is 117 cm³/mol. The van der Waals surface area contributed by atoms with Crippen LogP contribution in [-0.4, -0.2) is 55.9 Å². The van der Waals surface area contributed by atoms with Gasteiger partial charge in [0.15, 0.2) is 5.78 Å². The van der Waals surface area contributed by atoms with Gasteiger partial charge in [-0.25, -0.2) is 0 Å². The number of ether oxygens (including phenoxy) is 1. The Kier molecular flexibility index (Phi) is 7.65. The molecule has 4 nitrogen and oxygen atoms in total. The summed E-state index contributed by atoms with van der Waals surface area (Å²) in [6.07, 6.45) is 3.69. The smallest absolute Gasteiger partial charge is 0.169 e. The molecule has 152 valence electrons. The first-order valence-corrected chi connectivity index (χ1v) is 11.0. The molecule has 0 aliphatic carbocycles. The van der Waals surface area contributed by atoms with Gasteiger partial charge >= 0.3 is 0 Å². The molecule has 0 amide bonds. The normalized spacial score (nSPS) is 17.8. The number of hydrogen-bond donors (Lipinski definition) is 0. The minimum Gasteiger partial charge on any atom is -0.497 e. The largest absolute Gasteiger partial charge is 0.497 e. The maximum Gasteiger partial charge on any atom is 0.169 e. The summed E-state index contributed by atoms with van der Waals surface area (Å²) in [6, 6.07) is 10.5. The number of hydrogen-bond acceptors (Lipinski definition) is 5. The molecule has 0 N–H and O–H groups in total. The lowest BCUT2D eigenvalue weighted by molar-refractivity contribution is 0.102. The van der Waals surface area contributed by atoms with Gasteiger partial charge in [0.1, 0.15) is 5.75 Å². The van der Waals surface area contributed by atoms with Gasteiger partial charge in [-0.1, -0.05) is 12.1 Å². The lowest BCUT2D eigenvalue weighted by Crippen LogP contribution is -2.40. The van der Waals surface area contributed by atoms with Crippen LogP contribution in [-0.2, 0) is 13.0 Å². The number of likely N-dealkylation sites (tertiary alicyclic amines) is 1. The van der Waals surface area contributed by atoms with E-state index in [1.165, 1.54) is 37.1 Å². The second-order valence-corrected chi connectivity index (χ2v) is 8.89. The molecular weight excluding hydrogens is 368 g/mol. The summed E-state index contributed by atoms with van der Waals surface area (Å²) in [5.74, 6) is 1.81. The Hall–Kier alpha value is -1.69. The first-order valence-electron chi connectivity index (χ1n) is 10.2. The van der Waals surface area contributed by atoms with E-state index < -0.39 is 0 Å². The van der Waals surface area contributed by atoms with Crippen molar-refractivity contribution in [2.75, 3.05) is 40.3 Å². The molecule has 1 aliphatic heterocycles. The maximum absolute atomic E-state index is 11.5. The summed E-state index contributed by atoms with van der Waals surface area (Å²) < 4.78 is 5.24. The molecule has 3 rings (SSSR count). The topological polar surface area (TPSA) is 32.8 Å². The van der Waals surface area contributed by atoms with Crippen LogP contribution in [0.4, 0.5) is 0 Å². The van der Waals surface area contributed by atoms with Crippen LogP contribution in [0.5, 0.6) is 5.75 Å². The molecule has 1 aliphatic rings. The second kappa shape index (κ2) is 10.2. The quantitative estimate of drug-likeness (QED) is 0.586. The Morgan fingerprint density at radius 1 is 1.29 bits per heavy atom. The molecule has 2 heterocycles. The van der Waals surface area contributed by atoms with Crippen molar-refractivity contribution in [3.63, 3.8) is 0 Å². The minimum atomic E-state index is 0.165. The highest BCUT2D eigenvalue weighted by Gasteiger charge is 2.21. The second-order valence-electron chi connectivity index (χ2n) is 7.98. The van der Waals surface area contributed by atoms with Crippen molar-refractivity contribution in [1.29, 1.82) is 0 Å². The number of benzene rings is 1. The Morgan fingerprint density at radius 2 is 2.07 bits per heavy atom. The number of nitrogens with zero attached hydrogens (tertiary/aromatic N) is 2. The monoisotopic (exact) mass is 400 g/mol. The highest BCUT2D eigenvalue weighted by Crippen LogP contribution is 2.21. The van der Waals surface area contributed by atoms with Crippen LogP contribution in [0.25, 0.3) is 0 Å². The Balaban J connectivity index is 1.43. The standard InChI is InChI=1S/C23H32N2O2S/c1-18(26)23-13-21(17-28-23)15-24(2)14-20-5-4-11-25(16-20)12-10-19-6-8-22(27-3)9-7-19/h6-9,13,17,20H,4-5,10-12,14-16H2,1-3H3/t20-/m0/s1. The number of ketones is 1. The minimum absolute atomic E-state index is 0.165.